The molecule has 0 aliphatic heterocycles. The Bertz CT molecular complexity index is 562. The Hall–Kier alpha value is -1.88. The summed E-state index contributed by atoms with van der Waals surface area (Å²) in [7, 11) is 1.85. The molecule has 1 aromatic rings. The van der Waals surface area contributed by atoms with Crippen molar-refractivity contribution in [2.75, 3.05) is 25.5 Å². The highest BCUT2D eigenvalue weighted by atomic mass is 16.2. The first kappa shape index (κ1) is 19.2. The van der Waals surface area contributed by atoms with Crippen LogP contribution in [0.25, 0.3) is 0 Å². The predicted octanol–water partition coefficient (Wildman–Crippen LogP) is 0.925. The van der Waals surface area contributed by atoms with Crippen molar-refractivity contribution in [3.05, 3.63) is 29.3 Å². The molecule has 0 radical (unpaired) electrons. The largest absolute Gasteiger partial charge is 0.347 e. The molecule has 1 atom stereocenters. The van der Waals surface area contributed by atoms with Crippen LogP contribution in [0.4, 0.5) is 5.69 Å². The number of hydrogen-bond donors (Lipinski definition) is 3. The zero-order chi connectivity index (χ0) is 17.6. The summed E-state index contributed by atoms with van der Waals surface area (Å²) in [6, 6.07) is 6.01. The van der Waals surface area contributed by atoms with Gasteiger partial charge >= 0.3 is 0 Å². The summed E-state index contributed by atoms with van der Waals surface area (Å²) < 4.78 is 0. The van der Waals surface area contributed by atoms with Gasteiger partial charge in [-0.3, -0.25) is 9.59 Å². The maximum absolute atomic E-state index is 12.2. The van der Waals surface area contributed by atoms with Gasteiger partial charge in [0.15, 0.2) is 13.1 Å². The molecule has 0 aromatic heterocycles. The molecule has 0 spiro atoms. The molecule has 3 N–H and O–H groups in total. The summed E-state index contributed by atoms with van der Waals surface area (Å²) in [6.07, 6.45) is 0.869. The van der Waals surface area contributed by atoms with Crippen molar-refractivity contribution in [1.82, 2.24) is 5.32 Å². The van der Waals surface area contributed by atoms with Crippen LogP contribution in [-0.4, -0.2) is 37.5 Å². The fourth-order valence-electron chi connectivity index (χ4n) is 2.46. The first-order valence-electron chi connectivity index (χ1n) is 8.13. The Morgan fingerprint density at radius 3 is 2.30 bits per heavy atom. The molecule has 0 saturated carbocycles. The molecule has 1 rings (SSSR count). The van der Waals surface area contributed by atoms with E-state index in [1.165, 1.54) is 0 Å². The van der Waals surface area contributed by atoms with Crippen molar-refractivity contribution in [1.29, 1.82) is 0 Å². The molecule has 0 fully saturated rings. The molecule has 2 amide bonds. The van der Waals surface area contributed by atoms with Crippen molar-refractivity contribution >= 4 is 17.5 Å². The number of amides is 2. The van der Waals surface area contributed by atoms with Crippen LogP contribution in [0.5, 0.6) is 0 Å². The molecular weight excluding hydrogens is 290 g/mol. The first-order chi connectivity index (χ1) is 10.6. The number of carbonyl (C=O) groups is 2. The maximum Gasteiger partial charge on any atom is 0.279 e. The quantitative estimate of drug-likeness (QED) is 0.730. The number of aryl methyl sites for hydroxylation is 2. The zero-order valence-corrected chi connectivity index (χ0v) is 15.2. The van der Waals surface area contributed by atoms with Crippen LogP contribution in [0.15, 0.2) is 18.2 Å². The van der Waals surface area contributed by atoms with E-state index in [0.717, 1.165) is 28.1 Å². The van der Waals surface area contributed by atoms with Crippen LogP contribution in [0.2, 0.25) is 0 Å². The van der Waals surface area contributed by atoms with E-state index in [-0.39, 0.29) is 30.4 Å². The maximum atomic E-state index is 12.2. The number of benzene rings is 1. The molecule has 0 bridgehead atoms. The lowest BCUT2D eigenvalue weighted by Gasteiger charge is -2.22. The summed E-state index contributed by atoms with van der Waals surface area (Å²) in [6.45, 7) is 10.4. The second kappa shape index (κ2) is 8.11. The third kappa shape index (κ3) is 6.82. The second-order valence-electron chi connectivity index (χ2n) is 7.12. The van der Waals surface area contributed by atoms with Gasteiger partial charge in [-0.05, 0) is 45.2 Å². The summed E-state index contributed by atoms with van der Waals surface area (Å²) in [5, 5.41) is 5.90. The van der Waals surface area contributed by atoms with Crippen molar-refractivity contribution in [3.8, 4) is 0 Å². The van der Waals surface area contributed by atoms with Gasteiger partial charge in [0.05, 0.1) is 7.05 Å². The standard InChI is InChI=1S/C18H29N3O2/c1-7-14-10-8-9-13(2)17(14)19-15(22)11-21(6)12-16(23)20-18(3,4)5/h8-10H,7,11-12H2,1-6H3,(H,19,22)(H,20,23)/p+1. The van der Waals surface area contributed by atoms with Gasteiger partial charge in [-0.15, -0.1) is 0 Å². The van der Waals surface area contributed by atoms with E-state index < -0.39 is 0 Å². The van der Waals surface area contributed by atoms with Crippen molar-refractivity contribution in [3.63, 3.8) is 0 Å². The van der Waals surface area contributed by atoms with Crippen molar-refractivity contribution in [2.24, 2.45) is 0 Å². The van der Waals surface area contributed by atoms with Gasteiger partial charge in [0, 0.05) is 11.2 Å². The number of rotatable bonds is 6. The summed E-state index contributed by atoms with van der Waals surface area (Å²) in [5.41, 5.74) is 2.82. The molecule has 0 aliphatic carbocycles. The molecular formula is C18H30N3O2+. The lowest BCUT2D eigenvalue weighted by Crippen LogP contribution is -3.11. The lowest BCUT2D eigenvalue weighted by molar-refractivity contribution is -0.862. The molecule has 5 heteroatoms. The fourth-order valence-corrected chi connectivity index (χ4v) is 2.46. The third-order valence-corrected chi connectivity index (χ3v) is 3.44. The number of nitrogens with one attached hydrogen (secondary N) is 3. The number of anilines is 1. The zero-order valence-electron chi connectivity index (χ0n) is 15.2. The molecule has 5 nitrogen and oxygen atoms in total. The number of para-hydroxylation sites is 1. The monoisotopic (exact) mass is 320 g/mol. The van der Waals surface area contributed by atoms with Crippen LogP contribution >= 0.6 is 0 Å². The Morgan fingerprint density at radius 1 is 1.13 bits per heavy atom. The van der Waals surface area contributed by atoms with Gasteiger partial charge in [0.1, 0.15) is 0 Å². The van der Waals surface area contributed by atoms with E-state index in [1.54, 1.807) is 0 Å². The van der Waals surface area contributed by atoms with Gasteiger partial charge < -0.3 is 15.5 Å². The smallest absolute Gasteiger partial charge is 0.279 e. The topological polar surface area (TPSA) is 62.6 Å². The highest BCUT2D eigenvalue weighted by molar-refractivity contribution is 5.93. The Kier molecular flexibility index (Phi) is 6.76. The summed E-state index contributed by atoms with van der Waals surface area (Å²) in [4.78, 5) is 25.0. The third-order valence-electron chi connectivity index (χ3n) is 3.44. The first-order valence-corrected chi connectivity index (χ1v) is 8.13. The van der Waals surface area contributed by atoms with E-state index >= 15 is 0 Å². The SMILES string of the molecule is CCc1cccc(C)c1NC(=O)C[NH+](C)CC(=O)NC(C)(C)C. The van der Waals surface area contributed by atoms with Gasteiger partial charge in [-0.2, -0.15) is 0 Å². The molecule has 23 heavy (non-hydrogen) atoms. The molecule has 0 aliphatic rings. The number of likely N-dealkylation sites (N-methyl/N-ethyl adjacent to an activating group) is 1. The number of hydrogen-bond acceptors (Lipinski definition) is 2. The van der Waals surface area contributed by atoms with E-state index in [1.807, 2.05) is 52.9 Å². The Balaban J connectivity index is 2.59. The number of quaternary nitrogens is 1. The van der Waals surface area contributed by atoms with Crippen molar-refractivity contribution in [2.45, 2.75) is 46.6 Å². The van der Waals surface area contributed by atoms with Gasteiger partial charge in [-0.25, -0.2) is 0 Å². The van der Waals surface area contributed by atoms with Crippen LogP contribution < -0.4 is 15.5 Å². The van der Waals surface area contributed by atoms with Crippen LogP contribution in [0.1, 0.15) is 38.8 Å². The Morgan fingerprint density at radius 2 is 1.74 bits per heavy atom. The minimum Gasteiger partial charge on any atom is -0.347 e. The second-order valence-corrected chi connectivity index (χ2v) is 7.12. The number of carbonyl (C=O) groups excluding carboxylic acids is 2. The van der Waals surface area contributed by atoms with E-state index in [2.05, 4.69) is 17.6 Å². The van der Waals surface area contributed by atoms with Crippen LogP contribution in [0.3, 0.4) is 0 Å². The minimum absolute atomic E-state index is 0.0482. The minimum atomic E-state index is -0.253. The Labute approximate surface area is 139 Å². The molecule has 1 aromatic carbocycles. The molecule has 1 unspecified atom stereocenters. The molecule has 0 heterocycles. The van der Waals surface area contributed by atoms with Gasteiger partial charge in [0.25, 0.3) is 11.8 Å². The average Bonchev–Trinajstić information content (AvgIpc) is 2.38. The molecule has 128 valence electrons. The van der Waals surface area contributed by atoms with Crippen LogP contribution in [-0.2, 0) is 16.0 Å². The molecule has 0 saturated heterocycles. The lowest BCUT2D eigenvalue weighted by atomic mass is 10.1. The van der Waals surface area contributed by atoms with E-state index in [4.69, 9.17) is 0 Å². The van der Waals surface area contributed by atoms with Gasteiger partial charge in [-0.1, -0.05) is 25.1 Å². The highest BCUT2D eigenvalue weighted by Crippen LogP contribution is 2.20. The fraction of sp³-hybridized carbons (Fsp3) is 0.556. The summed E-state index contributed by atoms with van der Waals surface area (Å²) >= 11 is 0. The summed E-state index contributed by atoms with van der Waals surface area (Å²) in [5.74, 6) is -0.122. The normalized spacial score (nSPS) is 12.6. The van der Waals surface area contributed by atoms with E-state index in [0.29, 0.717) is 0 Å². The van der Waals surface area contributed by atoms with Crippen LogP contribution in [0, 0.1) is 6.92 Å². The average molecular weight is 320 g/mol. The van der Waals surface area contributed by atoms with Crippen molar-refractivity contribution < 1.29 is 14.5 Å². The van der Waals surface area contributed by atoms with E-state index in [9.17, 15) is 9.59 Å². The van der Waals surface area contributed by atoms with Gasteiger partial charge in [0.2, 0.25) is 0 Å². The highest BCUT2D eigenvalue weighted by Gasteiger charge is 2.19. The predicted molar refractivity (Wildman–Crippen MR) is 93.7 cm³/mol.